The first-order valence-corrected chi connectivity index (χ1v) is 10.6. The highest BCUT2D eigenvalue weighted by atomic mass is 16.7. The maximum absolute atomic E-state index is 13.0. The van der Waals surface area contributed by atoms with Crippen molar-refractivity contribution < 1.29 is 23.8 Å². The van der Waals surface area contributed by atoms with Gasteiger partial charge in [-0.25, -0.2) is 0 Å². The zero-order valence-electron chi connectivity index (χ0n) is 18.9. The largest absolute Gasteiger partial charge is 0.487 e. The Balaban J connectivity index is 1.57. The van der Waals surface area contributed by atoms with Gasteiger partial charge in [0.05, 0.1) is 17.2 Å². The molecule has 2 aromatic carbocycles. The molecule has 31 heavy (non-hydrogen) atoms. The van der Waals surface area contributed by atoms with Crippen LogP contribution in [0.1, 0.15) is 62.3 Å². The van der Waals surface area contributed by atoms with Crippen LogP contribution in [0.3, 0.4) is 0 Å². The van der Waals surface area contributed by atoms with Crippen molar-refractivity contribution in [3.63, 3.8) is 0 Å². The number of benzene rings is 2. The van der Waals surface area contributed by atoms with Crippen molar-refractivity contribution >= 4 is 11.8 Å². The Labute approximate surface area is 183 Å². The Hall–Kier alpha value is -3.02. The van der Waals surface area contributed by atoms with E-state index in [4.69, 9.17) is 14.2 Å². The quantitative estimate of drug-likeness (QED) is 0.639. The van der Waals surface area contributed by atoms with E-state index in [-0.39, 0.29) is 29.8 Å². The maximum Gasteiger partial charge on any atom is 0.261 e. The average molecular weight is 424 g/mol. The molecule has 0 aliphatic carbocycles. The van der Waals surface area contributed by atoms with Crippen molar-refractivity contribution in [1.29, 1.82) is 0 Å². The third-order valence-electron chi connectivity index (χ3n) is 6.24. The molecule has 2 aliphatic rings. The highest BCUT2D eigenvalue weighted by molar-refractivity contribution is 6.21. The fraction of sp³-hybridized carbons (Fsp3) is 0.440. The van der Waals surface area contributed by atoms with Crippen molar-refractivity contribution in [2.24, 2.45) is 11.3 Å². The molecule has 0 fully saturated rings. The number of carbonyl (C=O) groups excluding carboxylic acids is 2. The van der Waals surface area contributed by atoms with E-state index in [1.54, 1.807) is 24.3 Å². The van der Waals surface area contributed by atoms with Gasteiger partial charge in [-0.1, -0.05) is 52.8 Å². The van der Waals surface area contributed by atoms with Crippen LogP contribution < -0.4 is 14.2 Å². The van der Waals surface area contributed by atoms with E-state index in [9.17, 15) is 9.59 Å². The highest BCUT2D eigenvalue weighted by Gasteiger charge is 2.48. The minimum atomic E-state index is -0.825. The zero-order valence-corrected chi connectivity index (χ0v) is 18.9. The second kappa shape index (κ2) is 7.29. The third kappa shape index (κ3) is 3.44. The molecule has 0 spiro atoms. The van der Waals surface area contributed by atoms with Crippen LogP contribution in [0.5, 0.6) is 17.2 Å². The van der Waals surface area contributed by atoms with E-state index in [0.29, 0.717) is 28.4 Å². The number of amides is 2. The summed E-state index contributed by atoms with van der Waals surface area (Å²) < 4.78 is 18.5. The lowest BCUT2D eigenvalue weighted by atomic mass is 9.87. The van der Waals surface area contributed by atoms with Crippen molar-refractivity contribution in [1.82, 2.24) is 4.90 Å². The number of para-hydroxylation sites is 1. The Morgan fingerprint density at radius 2 is 1.58 bits per heavy atom. The molecule has 2 amide bonds. The van der Waals surface area contributed by atoms with Crippen molar-refractivity contribution in [3.05, 3.63) is 53.6 Å². The van der Waals surface area contributed by atoms with Crippen LogP contribution in [0, 0.1) is 11.3 Å². The van der Waals surface area contributed by atoms with E-state index >= 15 is 0 Å². The molecule has 0 saturated heterocycles. The van der Waals surface area contributed by atoms with Crippen LogP contribution in [0.15, 0.2) is 42.5 Å². The lowest BCUT2D eigenvalue weighted by molar-refractivity contribution is -0.143. The Bertz CT molecular complexity index is 1000. The van der Waals surface area contributed by atoms with Crippen molar-refractivity contribution in [2.45, 2.75) is 53.4 Å². The first kappa shape index (κ1) is 21.2. The van der Waals surface area contributed by atoms with Gasteiger partial charge in [-0.2, -0.15) is 0 Å². The Kier molecular flexibility index (Phi) is 4.99. The number of fused-ring (bicyclic) bond motifs is 2. The first-order valence-electron chi connectivity index (χ1n) is 10.6. The number of hydrogen-bond acceptors (Lipinski definition) is 5. The maximum atomic E-state index is 13.0. The summed E-state index contributed by atoms with van der Waals surface area (Å²) in [5.41, 5.74) is 0.622. The summed E-state index contributed by atoms with van der Waals surface area (Å²) in [6, 6.07) is 12.0. The molecule has 0 bridgehead atoms. The summed E-state index contributed by atoms with van der Waals surface area (Å²) in [7, 11) is 0. The van der Waals surface area contributed by atoms with Gasteiger partial charge in [-0.15, -0.1) is 0 Å². The van der Waals surface area contributed by atoms with E-state index in [2.05, 4.69) is 20.8 Å². The van der Waals surface area contributed by atoms with E-state index in [1.807, 2.05) is 39.0 Å². The summed E-state index contributed by atoms with van der Waals surface area (Å²) in [6.07, 6.45) is 0. The summed E-state index contributed by atoms with van der Waals surface area (Å²) in [5, 5.41) is 0. The molecule has 6 nitrogen and oxygen atoms in total. The van der Waals surface area contributed by atoms with E-state index in [0.717, 1.165) is 0 Å². The van der Waals surface area contributed by atoms with Gasteiger partial charge < -0.3 is 14.2 Å². The minimum absolute atomic E-state index is 0.0102. The van der Waals surface area contributed by atoms with Crippen LogP contribution in [-0.2, 0) is 0 Å². The summed E-state index contributed by atoms with van der Waals surface area (Å²) in [5.74, 6) is 0.335. The van der Waals surface area contributed by atoms with Crippen molar-refractivity contribution in [2.75, 3.05) is 6.61 Å². The second-order valence-electron chi connectivity index (χ2n) is 9.63. The molecule has 0 saturated carbocycles. The fourth-order valence-corrected chi connectivity index (χ4v) is 3.77. The van der Waals surface area contributed by atoms with Crippen LogP contribution in [0.4, 0.5) is 0 Å². The average Bonchev–Trinajstić information content (AvgIpc) is 3.19. The summed E-state index contributed by atoms with van der Waals surface area (Å²) >= 11 is 0. The lowest BCUT2D eigenvalue weighted by Crippen LogP contribution is -2.47. The fourth-order valence-electron chi connectivity index (χ4n) is 3.77. The van der Waals surface area contributed by atoms with Crippen LogP contribution >= 0.6 is 0 Å². The zero-order chi connectivity index (χ0) is 22.6. The SMILES string of the molecule is CC(C)[C@H](COc1cccc2c1O[C@@](C)(C(C)(C)C)O2)N1C(=O)c2ccccc2C1=O. The third-order valence-corrected chi connectivity index (χ3v) is 6.24. The van der Waals surface area contributed by atoms with Gasteiger partial charge in [0.2, 0.25) is 5.75 Å². The predicted molar refractivity (Wildman–Crippen MR) is 117 cm³/mol. The molecule has 0 aromatic heterocycles. The molecular formula is C25H29NO5. The minimum Gasteiger partial charge on any atom is -0.487 e. The molecule has 0 radical (unpaired) electrons. The van der Waals surface area contributed by atoms with Crippen LogP contribution in [0.2, 0.25) is 0 Å². The Morgan fingerprint density at radius 1 is 0.968 bits per heavy atom. The smallest absolute Gasteiger partial charge is 0.261 e. The van der Waals surface area contributed by atoms with Crippen LogP contribution in [-0.4, -0.2) is 35.2 Å². The normalized spacial score (nSPS) is 20.9. The van der Waals surface area contributed by atoms with E-state index in [1.165, 1.54) is 4.90 Å². The van der Waals surface area contributed by atoms with Gasteiger partial charge in [-0.05, 0) is 30.2 Å². The molecule has 2 atom stereocenters. The second-order valence-corrected chi connectivity index (χ2v) is 9.63. The van der Waals surface area contributed by atoms with Gasteiger partial charge in [0.15, 0.2) is 11.5 Å². The number of hydrogen-bond donors (Lipinski definition) is 0. The summed E-state index contributed by atoms with van der Waals surface area (Å²) in [6.45, 7) is 12.2. The molecule has 2 aliphatic heterocycles. The number of carbonyl (C=O) groups is 2. The topological polar surface area (TPSA) is 65.1 Å². The molecule has 0 N–H and O–H groups in total. The van der Waals surface area contributed by atoms with Gasteiger partial charge in [0, 0.05) is 12.3 Å². The standard InChI is InChI=1S/C25H29NO5/c1-15(2)18(26-22(27)16-10-7-8-11-17(16)23(26)28)14-29-19-12-9-13-20-21(19)31-25(6,30-20)24(3,4)5/h7-13,15,18H,14H2,1-6H3/t18-,25-/m0/s1. The van der Waals surface area contributed by atoms with Gasteiger partial charge in [-0.3, -0.25) is 14.5 Å². The Morgan fingerprint density at radius 3 is 2.13 bits per heavy atom. The lowest BCUT2D eigenvalue weighted by Gasteiger charge is -2.35. The first-order chi connectivity index (χ1) is 14.5. The molecule has 6 heteroatoms. The summed E-state index contributed by atoms with van der Waals surface area (Å²) in [4.78, 5) is 27.2. The van der Waals surface area contributed by atoms with Gasteiger partial charge >= 0.3 is 0 Å². The predicted octanol–water partition coefficient (Wildman–Crippen LogP) is 4.92. The van der Waals surface area contributed by atoms with Crippen molar-refractivity contribution in [3.8, 4) is 17.2 Å². The van der Waals surface area contributed by atoms with Gasteiger partial charge in [0.1, 0.15) is 6.61 Å². The number of imide groups is 1. The molecular weight excluding hydrogens is 394 g/mol. The van der Waals surface area contributed by atoms with E-state index < -0.39 is 11.8 Å². The number of rotatable bonds is 5. The monoisotopic (exact) mass is 423 g/mol. The number of ether oxygens (including phenoxy) is 3. The van der Waals surface area contributed by atoms with Crippen LogP contribution in [0.25, 0.3) is 0 Å². The molecule has 2 heterocycles. The van der Waals surface area contributed by atoms with Gasteiger partial charge in [0.25, 0.3) is 17.6 Å². The molecule has 4 rings (SSSR count). The number of nitrogens with zero attached hydrogens (tertiary/aromatic N) is 1. The molecule has 0 unspecified atom stereocenters. The molecule has 2 aromatic rings. The highest BCUT2D eigenvalue weighted by Crippen LogP contribution is 2.50. The molecule has 164 valence electrons.